The average molecular weight is 268 g/mol. The number of fused-ring (bicyclic) bond motifs is 1. The van der Waals surface area contributed by atoms with E-state index in [0.717, 1.165) is 31.0 Å². The summed E-state index contributed by atoms with van der Waals surface area (Å²) in [6.45, 7) is 4.47. The molecule has 2 aromatic carbocycles. The molecule has 0 unspecified atom stereocenters. The average Bonchev–Trinajstić information content (AvgIpc) is 2.69. The molecule has 0 saturated heterocycles. The SMILES string of the molecule is Cc1cc(CN)ccc1N1CCCOc2ccccc21. The second kappa shape index (κ2) is 5.55. The summed E-state index contributed by atoms with van der Waals surface area (Å²) in [6.07, 6.45) is 1.02. The van der Waals surface area contributed by atoms with Crippen LogP contribution in [0.2, 0.25) is 0 Å². The number of aryl methyl sites for hydroxylation is 1. The molecule has 3 nitrogen and oxygen atoms in total. The van der Waals surface area contributed by atoms with Crippen LogP contribution in [0.5, 0.6) is 5.75 Å². The van der Waals surface area contributed by atoms with E-state index in [2.05, 4.69) is 42.2 Å². The van der Waals surface area contributed by atoms with E-state index in [-0.39, 0.29) is 0 Å². The highest BCUT2D eigenvalue weighted by atomic mass is 16.5. The zero-order valence-electron chi connectivity index (χ0n) is 11.8. The van der Waals surface area contributed by atoms with Gasteiger partial charge in [-0.25, -0.2) is 0 Å². The van der Waals surface area contributed by atoms with Crippen LogP contribution < -0.4 is 15.4 Å². The van der Waals surface area contributed by atoms with E-state index in [1.54, 1.807) is 0 Å². The van der Waals surface area contributed by atoms with Crippen molar-refractivity contribution in [3.63, 3.8) is 0 Å². The molecule has 3 rings (SSSR count). The summed E-state index contributed by atoms with van der Waals surface area (Å²) in [5.74, 6) is 0.965. The first kappa shape index (κ1) is 13.0. The van der Waals surface area contributed by atoms with E-state index in [9.17, 15) is 0 Å². The van der Waals surface area contributed by atoms with Crippen molar-refractivity contribution in [2.75, 3.05) is 18.1 Å². The lowest BCUT2D eigenvalue weighted by atomic mass is 10.1. The predicted octanol–water partition coefficient (Wildman–Crippen LogP) is 3.37. The van der Waals surface area contributed by atoms with Gasteiger partial charge in [-0.1, -0.05) is 24.3 Å². The Kier molecular flexibility index (Phi) is 3.61. The molecule has 0 saturated carbocycles. The van der Waals surface area contributed by atoms with Crippen molar-refractivity contribution in [2.45, 2.75) is 19.9 Å². The van der Waals surface area contributed by atoms with Crippen molar-refractivity contribution in [1.29, 1.82) is 0 Å². The molecule has 2 aromatic rings. The van der Waals surface area contributed by atoms with Gasteiger partial charge in [-0.2, -0.15) is 0 Å². The first-order valence-corrected chi connectivity index (χ1v) is 7.08. The molecule has 0 amide bonds. The monoisotopic (exact) mass is 268 g/mol. The number of benzene rings is 2. The van der Waals surface area contributed by atoms with Crippen LogP contribution in [-0.2, 0) is 6.54 Å². The fraction of sp³-hybridized carbons (Fsp3) is 0.294. The van der Waals surface area contributed by atoms with Gasteiger partial charge >= 0.3 is 0 Å². The highest BCUT2D eigenvalue weighted by Gasteiger charge is 2.18. The number of nitrogens with zero attached hydrogens (tertiary/aromatic N) is 1. The van der Waals surface area contributed by atoms with Crippen LogP contribution in [-0.4, -0.2) is 13.2 Å². The minimum atomic E-state index is 0.584. The van der Waals surface area contributed by atoms with E-state index < -0.39 is 0 Å². The van der Waals surface area contributed by atoms with Crippen molar-refractivity contribution in [3.05, 3.63) is 53.6 Å². The summed E-state index contributed by atoms with van der Waals surface area (Å²) in [5.41, 5.74) is 10.5. The molecule has 0 atom stereocenters. The van der Waals surface area contributed by atoms with Crippen LogP contribution in [0.25, 0.3) is 0 Å². The smallest absolute Gasteiger partial charge is 0.142 e. The Balaban J connectivity index is 2.05. The Bertz CT molecular complexity index is 610. The van der Waals surface area contributed by atoms with Crippen LogP contribution in [0.3, 0.4) is 0 Å². The number of hydrogen-bond acceptors (Lipinski definition) is 3. The third kappa shape index (κ3) is 2.37. The van der Waals surface area contributed by atoms with Gasteiger partial charge in [-0.3, -0.25) is 0 Å². The molecule has 104 valence electrons. The molecule has 0 aliphatic carbocycles. The molecular formula is C17H20N2O. The molecule has 20 heavy (non-hydrogen) atoms. The third-order valence-electron chi connectivity index (χ3n) is 3.73. The van der Waals surface area contributed by atoms with Gasteiger partial charge in [0, 0.05) is 18.8 Å². The minimum Gasteiger partial charge on any atom is -0.491 e. The lowest BCUT2D eigenvalue weighted by molar-refractivity contribution is 0.322. The predicted molar refractivity (Wildman–Crippen MR) is 82.6 cm³/mol. The number of para-hydroxylation sites is 2. The third-order valence-corrected chi connectivity index (χ3v) is 3.73. The molecule has 1 heterocycles. The number of ether oxygens (including phenoxy) is 1. The van der Waals surface area contributed by atoms with Gasteiger partial charge in [0.25, 0.3) is 0 Å². The molecule has 1 aliphatic heterocycles. The number of hydrogen-bond donors (Lipinski definition) is 1. The summed E-state index contributed by atoms with van der Waals surface area (Å²) < 4.78 is 5.82. The lowest BCUT2D eigenvalue weighted by Gasteiger charge is -2.26. The fourth-order valence-corrected chi connectivity index (χ4v) is 2.73. The maximum Gasteiger partial charge on any atom is 0.142 e. The quantitative estimate of drug-likeness (QED) is 0.907. The van der Waals surface area contributed by atoms with Crippen LogP contribution >= 0.6 is 0 Å². The first-order valence-electron chi connectivity index (χ1n) is 7.08. The molecular weight excluding hydrogens is 248 g/mol. The molecule has 3 heteroatoms. The summed E-state index contributed by atoms with van der Waals surface area (Å²) in [5, 5.41) is 0. The standard InChI is InChI=1S/C17H20N2O/c1-13-11-14(12-18)7-8-15(13)19-9-4-10-20-17-6-3-2-5-16(17)19/h2-3,5-8,11H,4,9-10,12,18H2,1H3. The van der Waals surface area contributed by atoms with E-state index in [1.165, 1.54) is 16.8 Å². The van der Waals surface area contributed by atoms with Crippen LogP contribution in [0.4, 0.5) is 11.4 Å². The normalized spacial score (nSPS) is 14.4. The van der Waals surface area contributed by atoms with Crippen molar-refractivity contribution < 1.29 is 4.74 Å². The summed E-state index contributed by atoms with van der Waals surface area (Å²) >= 11 is 0. The Morgan fingerprint density at radius 2 is 2.00 bits per heavy atom. The molecule has 0 bridgehead atoms. The van der Waals surface area contributed by atoms with Gasteiger partial charge in [0.15, 0.2) is 0 Å². The minimum absolute atomic E-state index is 0.584. The zero-order chi connectivity index (χ0) is 13.9. The molecule has 0 fully saturated rings. The van der Waals surface area contributed by atoms with E-state index >= 15 is 0 Å². The number of anilines is 2. The maximum absolute atomic E-state index is 5.82. The van der Waals surface area contributed by atoms with Gasteiger partial charge < -0.3 is 15.4 Å². The Labute approximate surface area is 120 Å². The first-order chi connectivity index (χ1) is 9.79. The summed E-state index contributed by atoms with van der Waals surface area (Å²) in [4.78, 5) is 2.35. The topological polar surface area (TPSA) is 38.5 Å². The number of rotatable bonds is 2. The molecule has 2 N–H and O–H groups in total. The van der Waals surface area contributed by atoms with Crippen molar-refractivity contribution in [1.82, 2.24) is 0 Å². The molecule has 0 spiro atoms. The largest absolute Gasteiger partial charge is 0.491 e. The van der Waals surface area contributed by atoms with Crippen molar-refractivity contribution >= 4 is 11.4 Å². The van der Waals surface area contributed by atoms with Gasteiger partial charge in [-0.05, 0) is 42.7 Å². The fourth-order valence-electron chi connectivity index (χ4n) is 2.73. The van der Waals surface area contributed by atoms with Gasteiger partial charge in [0.1, 0.15) is 5.75 Å². The van der Waals surface area contributed by atoms with Crippen molar-refractivity contribution in [2.24, 2.45) is 5.73 Å². The van der Waals surface area contributed by atoms with E-state index in [1.807, 2.05) is 12.1 Å². The molecule has 0 aromatic heterocycles. The van der Waals surface area contributed by atoms with Gasteiger partial charge in [-0.15, -0.1) is 0 Å². The Hall–Kier alpha value is -2.00. The molecule has 0 radical (unpaired) electrons. The Morgan fingerprint density at radius 3 is 2.80 bits per heavy atom. The zero-order valence-corrected chi connectivity index (χ0v) is 11.8. The van der Waals surface area contributed by atoms with Crippen LogP contribution in [0.1, 0.15) is 17.5 Å². The van der Waals surface area contributed by atoms with Gasteiger partial charge in [0.2, 0.25) is 0 Å². The second-order valence-corrected chi connectivity index (χ2v) is 5.15. The lowest BCUT2D eigenvalue weighted by Crippen LogP contribution is -2.18. The summed E-state index contributed by atoms with van der Waals surface area (Å²) in [6, 6.07) is 14.7. The maximum atomic E-state index is 5.82. The number of nitrogens with two attached hydrogens (primary N) is 1. The van der Waals surface area contributed by atoms with E-state index in [4.69, 9.17) is 10.5 Å². The summed E-state index contributed by atoms with van der Waals surface area (Å²) in [7, 11) is 0. The molecule has 1 aliphatic rings. The Morgan fingerprint density at radius 1 is 1.15 bits per heavy atom. The van der Waals surface area contributed by atoms with Crippen LogP contribution in [0, 0.1) is 6.92 Å². The second-order valence-electron chi connectivity index (χ2n) is 5.15. The van der Waals surface area contributed by atoms with Crippen LogP contribution in [0.15, 0.2) is 42.5 Å². The van der Waals surface area contributed by atoms with Gasteiger partial charge in [0.05, 0.1) is 12.3 Å². The van der Waals surface area contributed by atoms with E-state index in [0.29, 0.717) is 6.54 Å². The van der Waals surface area contributed by atoms with Crippen molar-refractivity contribution in [3.8, 4) is 5.75 Å². The highest BCUT2D eigenvalue weighted by molar-refractivity contribution is 5.71. The highest BCUT2D eigenvalue weighted by Crippen LogP contribution is 2.37.